The molecule has 2 aromatic carbocycles. The van der Waals surface area contributed by atoms with Gasteiger partial charge in [0.05, 0.1) is 0 Å². The quantitative estimate of drug-likeness (QED) is 0.486. The maximum atomic E-state index is 12.6. The van der Waals surface area contributed by atoms with Crippen molar-refractivity contribution in [2.24, 2.45) is 0 Å². The van der Waals surface area contributed by atoms with E-state index in [1.165, 1.54) is 6.08 Å². The molecule has 0 spiro atoms. The molecule has 0 bridgehead atoms. The number of nitrogens with one attached hydrogen (secondary N) is 3. The van der Waals surface area contributed by atoms with Gasteiger partial charge in [0.1, 0.15) is 0 Å². The van der Waals surface area contributed by atoms with Gasteiger partial charge in [0.15, 0.2) is 0 Å². The lowest BCUT2D eigenvalue weighted by Gasteiger charge is -2.09. The normalized spacial score (nSPS) is 10.8. The summed E-state index contributed by atoms with van der Waals surface area (Å²) in [5.74, 6) is -0.0223. The average molecular weight is 416 g/mol. The number of amides is 2. The number of likely N-dealkylation sites (N-methyl/N-ethyl adjacent to an activating group) is 1. The van der Waals surface area contributed by atoms with Crippen molar-refractivity contribution in [1.29, 1.82) is 0 Å². The zero-order chi connectivity index (χ0) is 22.1. The minimum atomic E-state index is -0.272. The lowest BCUT2D eigenvalue weighted by molar-refractivity contribution is -0.111. The number of anilines is 4. The monoisotopic (exact) mass is 416 g/mol. The van der Waals surface area contributed by atoms with Gasteiger partial charge in [-0.2, -0.15) is 0 Å². The summed E-state index contributed by atoms with van der Waals surface area (Å²) in [7, 11) is 3.85. The summed E-state index contributed by atoms with van der Waals surface area (Å²) in [4.78, 5) is 34.8. The highest BCUT2D eigenvalue weighted by Gasteiger charge is 2.08. The Bertz CT molecular complexity index is 1050. The molecule has 0 aliphatic carbocycles. The summed E-state index contributed by atoms with van der Waals surface area (Å²) in [5.41, 5.74) is 2.44. The van der Waals surface area contributed by atoms with Crippen LogP contribution in [0.2, 0.25) is 0 Å². The highest BCUT2D eigenvalue weighted by atomic mass is 16.2. The molecular formula is C23H24N6O2. The smallest absolute Gasteiger partial charge is 0.255 e. The summed E-state index contributed by atoms with van der Waals surface area (Å²) < 4.78 is 0. The van der Waals surface area contributed by atoms with Gasteiger partial charge < -0.3 is 20.9 Å². The van der Waals surface area contributed by atoms with Gasteiger partial charge in [0, 0.05) is 47.6 Å². The number of carbonyl (C=O) groups is 2. The van der Waals surface area contributed by atoms with E-state index >= 15 is 0 Å². The van der Waals surface area contributed by atoms with Gasteiger partial charge in [-0.1, -0.05) is 12.1 Å². The fourth-order valence-electron chi connectivity index (χ4n) is 2.63. The zero-order valence-electron chi connectivity index (χ0n) is 17.4. The molecule has 0 radical (unpaired) electrons. The van der Waals surface area contributed by atoms with Crippen molar-refractivity contribution in [2.45, 2.75) is 0 Å². The maximum Gasteiger partial charge on any atom is 0.255 e. The van der Waals surface area contributed by atoms with Crippen LogP contribution in [-0.4, -0.2) is 47.3 Å². The second-order valence-electron chi connectivity index (χ2n) is 6.96. The average Bonchev–Trinajstić information content (AvgIpc) is 2.76. The molecule has 8 heteroatoms. The number of carbonyl (C=O) groups excluding carboxylic acids is 2. The second kappa shape index (κ2) is 10.7. The Morgan fingerprint density at radius 3 is 2.32 bits per heavy atom. The van der Waals surface area contributed by atoms with Crippen LogP contribution in [0.5, 0.6) is 0 Å². The molecule has 0 atom stereocenters. The Morgan fingerprint density at radius 1 is 0.903 bits per heavy atom. The molecule has 2 amide bonds. The van der Waals surface area contributed by atoms with Crippen LogP contribution in [0.25, 0.3) is 0 Å². The molecule has 0 fully saturated rings. The largest absolute Gasteiger partial charge is 0.324 e. The molecule has 1 aromatic heterocycles. The van der Waals surface area contributed by atoms with Crippen LogP contribution < -0.4 is 16.0 Å². The van der Waals surface area contributed by atoms with E-state index in [9.17, 15) is 9.59 Å². The van der Waals surface area contributed by atoms with E-state index in [0.29, 0.717) is 29.4 Å². The molecule has 3 aromatic rings. The van der Waals surface area contributed by atoms with Crippen molar-refractivity contribution in [3.8, 4) is 0 Å². The molecule has 3 rings (SSSR count). The molecule has 31 heavy (non-hydrogen) atoms. The number of aromatic nitrogens is 2. The third-order valence-corrected chi connectivity index (χ3v) is 4.10. The Kier molecular flexibility index (Phi) is 7.45. The first-order valence-electron chi connectivity index (χ1n) is 9.67. The third-order valence-electron chi connectivity index (χ3n) is 4.10. The van der Waals surface area contributed by atoms with Crippen molar-refractivity contribution >= 4 is 34.8 Å². The predicted molar refractivity (Wildman–Crippen MR) is 122 cm³/mol. The maximum absolute atomic E-state index is 12.6. The SMILES string of the molecule is CN(C)C/C=C/C(=O)Nc1cccc(C(=O)Nc2ccc(Nc3ncccn3)cc2)c1. The first-order chi connectivity index (χ1) is 15.0. The van der Waals surface area contributed by atoms with E-state index in [-0.39, 0.29) is 11.8 Å². The van der Waals surface area contributed by atoms with Crippen molar-refractivity contribution in [1.82, 2.24) is 14.9 Å². The van der Waals surface area contributed by atoms with Gasteiger partial charge in [-0.15, -0.1) is 0 Å². The van der Waals surface area contributed by atoms with Crippen molar-refractivity contribution in [3.05, 3.63) is 84.7 Å². The predicted octanol–water partition coefficient (Wildman–Crippen LogP) is 3.53. The number of hydrogen-bond donors (Lipinski definition) is 3. The standard InChI is InChI=1S/C23H24N6O2/c1-29(2)15-4-8-21(30)26-20-7-3-6-17(16-20)22(31)27-18-9-11-19(12-10-18)28-23-24-13-5-14-25-23/h3-14,16H,15H2,1-2H3,(H,26,30)(H,27,31)(H,24,25,28)/b8-4+. The van der Waals surface area contributed by atoms with Crippen LogP contribution in [0, 0.1) is 0 Å². The molecule has 0 saturated heterocycles. The minimum Gasteiger partial charge on any atom is -0.324 e. The summed E-state index contributed by atoms with van der Waals surface area (Å²) in [6.07, 6.45) is 6.55. The highest BCUT2D eigenvalue weighted by Crippen LogP contribution is 2.18. The van der Waals surface area contributed by atoms with E-state index in [2.05, 4.69) is 25.9 Å². The molecule has 0 aliphatic rings. The number of nitrogens with zero attached hydrogens (tertiary/aromatic N) is 3. The van der Waals surface area contributed by atoms with Crippen LogP contribution in [0.3, 0.4) is 0 Å². The zero-order valence-corrected chi connectivity index (χ0v) is 17.4. The Hall–Kier alpha value is -4.04. The van der Waals surface area contributed by atoms with Crippen LogP contribution in [0.4, 0.5) is 23.0 Å². The van der Waals surface area contributed by atoms with Gasteiger partial charge in [-0.25, -0.2) is 9.97 Å². The molecule has 158 valence electrons. The number of benzene rings is 2. The molecule has 0 aliphatic heterocycles. The number of hydrogen-bond acceptors (Lipinski definition) is 6. The van der Waals surface area contributed by atoms with Crippen molar-refractivity contribution in [2.75, 3.05) is 36.6 Å². The van der Waals surface area contributed by atoms with Gasteiger partial charge in [-0.3, -0.25) is 9.59 Å². The summed E-state index contributed by atoms with van der Waals surface area (Å²) in [6.45, 7) is 0.669. The van der Waals surface area contributed by atoms with Crippen molar-refractivity contribution in [3.63, 3.8) is 0 Å². The van der Waals surface area contributed by atoms with E-state index in [0.717, 1.165) is 5.69 Å². The van der Waals surface area contributed by atoms with E-state index in [1.54, 1.807) is 60.9 Å². The van der Waals surface area contributed by atoms with Crippen molar-refractivity contribution < 1.29 is 9.59 Å². The van der Waals surface area contributed by atoms with E-state index < -0.39 is 0 Å². The van der Waals surface area contributed by atoms with Gasteiger partial charge in [0.2, 0.25) is 11.9 Å². The first kappa shape index (κ1) is 21.7. The van der Waals surface area contributed by atoms with Crippen LogP contribution in [0.15, 0.2) is 79.1 Å². The second-order valence-corrected chi connectivity index (χ2v) is 6.96. The Balaban J connectivity index is 1.58. The van der Waals surface area contributed by atoms with Crippen LogP contribution in [-0.2, 0) is 4.79 Å². The van der Waals surface area contributed by atoms with E-state index in [4.69, 9.17) is 0 Å². The molecule has 0 unspecified atom stereocenters. The topological polar surface area (TPSA) is 99.2 Å². The molecule has 0 saturated carbocycles. The molecule has 3 N–H and O–H groups in total. The Morgan fingerprint density at radius 2 is 1.61 bits per heavy atom. The summed E-state index contributed by atoms with van der Waals surface area (Å²) >= 11 is 0. The fraction of sp³-hybridized carbons (Fsp3) is 0.130. The van der Waals surface area contributed by atoms with E-state index in [1.807, 2.05) is 31.1 Å². The molecular weight excluding hydrogens is 392 g/mol. The fourth-order valence-corrected chi connectivity index (χ4v) is 2.63. The molecule has 1 heterocycles. The summed E-state index contributed by atoms with van der Waals surface area (Å²) in [6, 6.07) is 15.7. The lowest BCUT2D eigenvalue weighted by Crippen LogP contribution is -2.14. The summed E-state index contributed by atoms with van der Waals surface area (Å²) in [5, 5.41) is 8.69. The third kappa shape index (κ3) is 7.06. The van der Waals surface area contributed by atoms with Crippen LogP contribution >= 0.6 is 0 Å². The highest BCUT2D eigenvalue weighted by molar-refractivity contribution is 6.06. The first-order valence-corrected chi connectivity index (χ1v) is 9.67. The molecule has 8 nitrogen and oxygen atoms in total. The van der Waals surface area contributed by atoms with Crippen LogP contribution in [0.1, 0.15) is 10.4 Å². The minimum absolute atomic E-state index is 0.245. The van der Waals surface area contributed by atoms with Gasteiger partial charge in [-0.05, 0) is 62.6 Å². The van der Waals surface area contributed by atoms with Gasteiger partial charge >= 0.3 is 0 Å². The van der Waals surface area contributed by atoms with Gasteiger partial charge in [0.25, 0.3) is 5.91 Å². The number of rotatable bonds is 8. The lowest BCUT2D eigenvalue weighted by atomic mass is 10.1. The Labute approximate surface area is 181 Å².